The summed E-state index contributed by atoms with van der Waals surface area (Å²) < 4.78 is 5.59. The summed E-state index contributed by atoms with van der Waals surface area (Å²) in [6, 6.07) is 18.8. The number of hydrogen-bond acceptors (Lipinski definition) is 3. The minimum atomic E-state index is -0.00811. The van der Waals surface area contributed by atoms with E-state index in [4.69, 9.17) is 4.74 Å². The van der Waals surface area contributed by atoms with Gasteiger partial charge in [0.25, 0.3) is 0 Å². The first-order valence-electron chi connectivity index (χ1n) is 9.28. The molecule has 0 radical (unpaired) electrons. The second-order valence-electron chi connectivity index (χ2n) is 6.90. The maximum atomic E-state index is 12.4. The summed E-state index contributed by atoms with van der Waals surface area (Å²) in [4.78, 5) is 13.6. The topological polar surface area (TPSA) is 38.3 Å². The quantitative estimate of drug-likeness (QED) is 0.738. The third-order valence-electron chi connectivity index (χ3n) is 5.13. The van der Waals surface area contributed by atoms with Crippen LogP contribution in [0.2, 0.25) is 0 Å². The summed E-state index contributed by atoms with van der Waals surface area (Å²) in [6.07, 6.45) is 2.45. The zero-order chi connectivity index (χ0) is 18.2. The lowest BCUT2D eigenvalue weighted by atomic mass is 9.72. The van der Waals surface area contributed by atoms with Crippen molar-refractivity contribution in [3.05, 3.63) is 65.7 Å². The lowest BCUT2D eigenvalue weighted by Gasteiger charge is -2.39. The highest BCUT2D eigenvalue weighted by Gasteiger charge is 2.35. The van der Waals surface area contributed by atoms with Gasteiger partial charge in [0.2, 0.25) is 5.91 Å². The number of carbonyl (C=O) groups excluding carboxylic acids is 1. The normalized spacial score (nSPS) is 16.2. The molecule has 1 fully saturated rings. The molecule has 0 atom stereocenters. The summed E-state index contributed by atoms with van der Waals surface area (Å²) in [5.41, 5.74) is 2.64. The Balaban J connectivity index is 1.56. The predicted molar refractivity (Wildman–Crippen MR) is 108 cm³/mol. The number of hydrogen-bond donors (Lipinski definition) is 1. The molecule has 0 unspecified atom stereocenters. The average molecular weight is 370 g/mol. The minimum Gasteiger partial charge on any atom is -0.381 e. The van der Waals surface area contributed by atoms with Crippen LogP contribution >= 0.6 is 11.8 Å². The van der Waals surface area contributed by atoms with Gasteiger partial charge in [0, 0.05) is 42.2 Å². The largest absolute Gasteiger partial charge is 0.381 e. The van der Waals surface area contributed by atoms with Gasteiger partial charge in [-0.15, -0.1) is 11.8 Å². The first-order valence-corrected chi connectivity index (χ1v) is 10.3. The van der Waals surface area contributed by atoms with Gasteiger partial charge in [-0.1, -0.05) is 42.5 Å². The van der Waals surface area contributed by atoms with E-state index in [1.807, 2.05) is 18.2 Å². The third-order valence-corrected chi connectivity index (χ3v) is 6.15. The molecule has 0 spiro atoms. The molecule has 2 aromatic rings. The number of amides is 1. The standard InChI is InChI=1S/C22H27NO2S/c1-18-7-5-6-10-20(18)22(12-14-25-15-13-22)17-23-21(24)11-16-26-19-8-3-2-4-9-19/h2-10H,11-17H2,1H3,(H,23,24). The van der Waals surface area contributed by atoms with Crippen molar-refractivity contribution < 1.29 is 9.53 Å². The van der Waals surface area contributed by atoms with Crippen LogP contribution in [0.4, 0.5) is 0 Å². The average Bonchev–Trinajstić information content (AvgIpc) is 2.68. The van der Waals surface area contributed by atoms with Crippen LogP contribution < -0.4 is 5.32 Å². The van der Waals surface area contributed by atoms with E-state index < -0.39 is 0 Å². The number of carbonyl (C=O) groups is 1. The van der Waals surface area contributed by atoms with E-state index in [0.29, 0.717) is 13.0 Å². The Labute approximate surface area is 160 Å². The summed E-state index contributed by atoms with van der Waals surface area (Å²) in [7, 11) is 0. The minimum absolute atomic E-state index is 0.00811. The van der Waals surface area contributed by atoms with Gasteiger partial charge in [0.15, 0.2) is 0 Å². The molecule has 0 aliphatic carbocycles. The van der Waals surface area contributed by atoms with Gasteiger partial charge in [-0.05, 0) is 43.0 Å². The number of thioether (sulfide) groups is 1. The maximum Gasteiger partial charge on any atom is 0.220 e. The Hall–Kier alpha value is -1.78. The molecule has 1 heterocycles. The monoisotopic (exact) mass is 369 g/mol. The number of aryl methyl sites for hydroxylation is 1. The smallest absolute Gasteiger partial charge is 0.220 e. The van der Waals surface area contributed by atoms with Crippen molar-refractivity contribution in [3.63, 3.8) is 0 Å². The predicted octanol–water partition coefficient (Wildman–Crippen LogP) is 4.34. The fourth-order valence-corrected chi connectivity index (χ4v) is 4.48. The van der Waals surface area contributed by atoms with E-state index in [9.17, 15) is 4.79 Å². The maximum absolute atomic E-state index is 12.4. The fraction of sp³-hybridized carbons (Fsp3) is 0.409. The SMILES string of the molecule is Cc1ccccc1C1(CNC(=O)CCSc2ccccc2)CCOCC1. The van der Waals surface area contributed by atoms with Crippen LogP contribution in [0.5, 0.6) is 0 Å². The van der Waals surface area contributed by atoms with Gasteiger partial charge in [-0.2, -0.15) is 0 Å². The molecule has 1 aliphatic rings. The number of ether oxygens (including phenoxy) is 1. The Morgan fingerprint density at radius 2 is 1.77 bits per heavy atom. The van der Waals surface area contributed by atoms with Gasteiger partial charge >= 0.3 is 0 Å². The van der Waals surface area contributed by atoms with Crippen molar-refractivity contribution >= 4 is 17.7 Å². The van der Waals surface area contributed by atoms with Crippen molar-refractivity contribution in [1.82, 2.24) is 5.32 Å². The van der Waals surface area contributed by atoms with Crippen molar-refractivity contribution in [2.24, 2.45) is 0 Å². The number of benzene rings is 2. The van der Waals surface area contributed by atoms with Gasteiger partial charge < -0.3 is 10.1 Å². The second kappa shape index (κ2) is 9.24. The van der Waals surface area contributed by atoms with Gasteiger partial charge in [0.1, 0.15) is 0 Å². The third kappa shape index (κ3) is 4.89. The summed E-state index contributed by atoms with van der Waals surface area (Å²) >= 11 is 1.73. The molecular formula is C22H27NO2S. The number of rotatable bonds is 7. The van der Waals surface area contributed by atoms with Gasteiger partial charge in [0.05, 0.1) is 0 Å². The highest BCUT2D eigenvalue weighted by atomic mass is 32.2. The summed E-state index contributed by atoms with van der Waals surface area (Å²) in [5.74, 6) is 0.934. The van der Waals surface area contributed by atoms with E-state index in [1.54, 1.807) is 11.8 Å². The van der Waals surface area contributed by atoms with Crippen molar-refractivity contribution in [2.75, 3.05) is 25.5 Å². The molecule has 1 saturated heterocycles. The van der Waals surface area contributed by atoms with Crippen LogP contribution in [-0.4, -0.2) is 31.4 Å². The summed E-state index contributed by atoms with van der Waals surface area (Å²) in [6.45, 7) is 4.36. The van der Waals surface area contributed by atoms with Crippen molar-refractivity contribution in [3.8, 4) is 0 Å². The molecule has 138 valence electrons. The van der Waals surface area contributed by atoms with Crippen LogP contribution in [0, 0.1) is 6.92 Å². The van der Waals surface area contributed by atoms with E-state index >= 15 is 0 Å². The van der Waals surface area contributed by atoms with Crippen LogP contribution in [0.3, 0.4) is 0 Å². The molecule has 1 aliphatic heterocycles. The highest BCUT2D eigenvalue weighted by Crippen LogP contribution is 2.36. The van der Waals surface area contributed by atoms with E-state index in [-0.39, 0.29) is 11.3 Å². The fourth-order valence-electron chi connectivity index (χ4n) is 3.61. The zero-order valence-electron chi connectivity index (χ0n) is 15.4. The second-order valence-corrected chi connectivity index (χ2v) is 8.06. The molecule has 0 aromatic heterocycles. The van der Waals surface area contributed by atoms with E-state index in [0.717, 1.165) is 31.8 Å². The lowest BCUT2D eigenvalue weighted by Crippen LogP contribution is -2.45. The molecule has 1 amide bonds. The van der Waals surface area contributed by atoms with Crippen molar-refractivity contribution in [2.45, 2.75) is 36.5 Å². The lowest BCUT2D eigenvalue weighted by molar-refractivity contribution is -0.121. The van der Waals surface area contributed by atoms with Crippen molar-refractivity contribution in [1.29, 1.82) is 0 Å². The molecule has 26 heavy (non-hydrogen) atoms. The Kier molecular flexibility index (Phi) is 6.75. The molecular weight excluding hydrogens is 342 g/mol. The van der Waals surface area contributed by atoms with Crippen LogP contribution in [-0.2, 0) is 14.9 Å². The van der Waals surface area contributed by atoms with E-state index in [2.05, 4.69) is 48.6 Å². The first-order chi connectivity index (χ1) is 12.7. The molecule has 3 rings (SSSR count). The van der Waals surface area contributed by atoms with Crippen LogP contribution in [0.25, 0.3) is 0 Å². The molecule has 0 saturated carbocycles. The molecule has 0 bridgehead atoms. The molecule has 3 nitrogen and oxygen atoms in total. The van der Waals surface area contributed by atoms with Crippen LogP contribution in [0.1, 0.15) is 30.4 Å². The summed E-state index contributed by atoms with van der Waals surface area (Å²) in [5, 5.41) is 3.20. The Morgan fingerprint density at radius 1 is 1.08 bits per heavy atom. The zero-order valence-corrected chi connectivity index (χ0v) is 16.2. The Morgan fingerprint density at radius 3 is 2.50 bits per heavy atom. The number of nitrogens with one attached hydrogen (secondary N) is 1. The molecule has 1 N–H and O–H groups in total. The highest BCUT2D eigenvalue weighted by molar-refractivity contribution is 7.99. The Bertz CT molecular complexity index is 711. The van der Waals surface area contributed by atoms with E-state index in [1.165, 1.54) is 16.0 Å². The first kappa shape index (κ1) is 19.0. The molecule has 2 aromatic carbocycles. The molecule has 4 heteroatoms. The van der Waals surface area contributed by atoms with Gasteiger partial charge in [-0.3, -0.25) is 4.79 Å². The van der Waals surface area contributed by atoms with Crippen LogP contribution in [0.15, 0.2) is 59.5 Å². The van der Waals surface area contributed by atoms with Gasteiger partial charge in [-0.25, -0.2) is 0 Å².